The predicted molar refractivity (Wildman–Crippen MR) is 107 cm³/mol. The zero-order chi connectivity index (χ0) is 19.1. The average Bonchev–Trinajstić information content (AvgIpc) is 2.69. The van der Waals surface area contributed by atoms with Gasteiger partial charge in [0.1, 0.15) is 16.8 Å². The van der Waals surface area contributed by atoms with E-state index in [1.165, 1.54) is 17.3 Å². The summed E-state index contributed by atoms with van der Waals surface area (Å²) in [5.41, 5.74) is 3.68. The number of pyridine rings is 1. The minimum Gasteiger partial charge on any atom is -0.494 e. The predicted octanol–water partition coefficient (Wildman–Crippen LogP) is 4.35. The van der Waals surface area contributed by atoms with Crippen LogP contribution in [0.3, 0.4) is 0 Å². The van der Waals surface area contributed by atoms with Crippen molar-refractivity contribution in [3.8, 4) is 11.8 Å². The zero-order valence-corrected chi connectivity index (χ0v) is 16.3. The largest absolute Gasteiger partial charge is 0.494 e. The van der Waals surface area contributed by atoms with E-state index in [1.54, 1.807) is 0 Å². The first-order valence-electron chi connectivity index (χ1n) is 9.28. The maximum Gasteiger partial charge on any atom is 0.225 e. The minimum atomic E-state index is -0.0527. The normalized spacial score (nSPS) is 12.7. The Kier molecular flexibility index (Phi) is 6.72. The van der Waals surface area contributed by atoms with Gasteiger partial charge in [0.25, 0.3) is 0 Å². The van der Waals surface area contributed by atoms with Gasteiger partial charge in [-0.05, 0) is 68.5 Å². The van der Waals surface area contributed by atoms with Crippen molar-refractivity contribution in [1.82, 2.24) is 4.98 Å². The number of aromatic nitrogens is 1. The Balaban J connectivity index is 1.53. The monoisotopic (exact) mass is 381 g/mol. The summed E-state index contributed by atoms with van der Waals surface area (Å²) in [6, 6.07) is 11.6. The number of carbonyl (C=O) groups excluding carboxylic acids is 1. The average molecular weight is 382 g/mol. The summed E-state index contributed by atoms with van der Waals surface area (Å²) in [5.74, 6) is 1.32. The zero-order valence-electron chi connectivity index (χ0n) is 15.5. The number of rotatable bonds is 7. The van der Waals surface area contributed by atoms with Gasteiger partial charge in [-0.2, -0.15) is 5.26 Å². The number of carbonyl (C=O) groups is 1. The summed E-state index contributed by atoms with van der Waals surface area (Å²) in [7, 11) is 0. The van der Waals surface area contributed by atoms with Crippen molar-refractivity contribution >= 4 is 23.4 Å². The number of nitrogens with one attached hydrogen (secondary N) is 1. The van der Waals surface area contributed by atoms with Crippen molar-refractivity contribution in [3.05, 3.63) is 47.2 Å². The summed E-state index contributed by atoms with van der Waals surface area (Å²) >= 11 is 1.48. The molecule has 1 amide bonds. The highest BCUT2D eigenvalue weighted by Crippen LogP contribution is 2.27. The summed E-state index contributed by atoms with van der Waals surface area (Å²) in [5, 5.41) is 13.0. The van der Waals surface area contributed by atoms with Gasteiger partial charge in [0.2, 0.25) is 5.91 Å². The number of hydrogen-bond acceptors (Lipinski definition) is 5. The molecule has 6 heteroatoms. The minimum absolute atomic E-state index is 0.0527. The van der Waals surface area contributed by atoms with Crippen molar-refractivity contribution in [2.24, 2.45) is 0 Å². The van der Waals surface area contributed by atoms with Gasteiger partial charge in [0.15, 0.2) is 0 Å². The topological polar surface area (TPSA) is 75.0 Å². The summed E-state index contributed by atoms with van der Waals surface area (Å²) in [4.78, 5) is 16.8. The van der Waals surface area contributed by atoms with E-state index in [4.69, 9.17) is 4.74 Å². The van der Waals surface area contributed by atoms with E-state index in [9.17, 15) is 10.1 Å². The van der Waals surface area contributed by atoms with Gasteiger partial charge >= 0.3 is 0 Å². The van der Waals surface area contributed by atoms with Crippen molar-refractivity contribution in [2.45, 2.75) is 44.1 Å². The number of aryl methyl sites for hydroxylation is 2. The first kappa shape index (κ1) is 19.2. The third-order valence-electron chi connectivity index (χ3n) is 4.40. The lowest BCUT2D eigenvalue weighted by Crippen LogP contribution is -2.12. The smallest absolute Gasteiger partial charge is 0.225 e. The Bertz CT molecular complexity index is 844. The summed E-state index contributed by atoms with van der Waals surface area (Å²) in [6.45, 7) is 2.55. The van der Waals surface area contributed by atoms with E-state index in [0.29, 0.717) is 24.3 Å². The van der Waals surface area contributed by atoms with Gasteiger partial charge in [-0.3, -0.25) is 4.79 Å². The van der Waals surface area contributed by atoms with Crippen LogP contribution in [-0.4, -0.2) is 23.3 Å². The van der Waals surface area contributed by atoms with Crippen LogP contribution in [0, 0.1) is 11.3 Å². The standard InChI is InChI=1S/C21H23N3O2S/c1-2-26-18-9-7-17(8-10-18)23-20(25)11-12-27-21-16(14-22)13-15-5-3-4-6-19(15)24-21/h7-10,13H,2-6,11-12H2,1H3,(H,23,25). The molecule has 2 aromatic rings. The lowest BCUT2D eigenvalue weighted by atomic mass is 9.95. The van der Waals surface area contributed by atoms with Crippen molar-refractivity contribution < 1.29 is 9.53 Å². The maximum absolute atomic E-state index is 12.2. The fourth-order valence-electron chi connectivity index (χ4n) is 3.07. The number of benzene rings is 1. The van der Waals surface area contributed by atoms with Crippen LogP contribution >= 0.6 is 11.8 Å². The highest BCUT2D eigenvalue weighted by molar-refractivity contribution is 7.99. The number of nitriles is 1. The fourth-order valence-corrected chi connectivity index (χ4v) is 3.99. The molecule has 0 saturated carbocycles. The van der Waals surface area contributed by atoms with Crippen LogP contribution in [0.1, 0.15) is 43.0 Å². The number of anilines is 1. The van der Waals surface area contributed by atoms with Crippen LogP contribution in [0.5, 0.6) is 5.75 Å². The van der Waals surface area contributed by atoms with E-state index in [-0.39, 0.29) is 5.91 Å². The molecule has 1 aliphatic carbocycles. The molecule has 0 atom stereocenters. The number of nitrogens with zero attached hydrogens (tertiary/aromatic N) is 2. The van der Waals surface area contributed by atoms with Crippen molar-refractivity contribution in [3.63, 3.8) is 0 Å². The molecule has 0 fully saturated rings. The Morgan fingerprint density at radius 1 is 1.30 bits per heavy atom. The molecule has 0 spiro atoms. The first-order chi connectivity index (χ1) is 13.2. The molecule has 0 bridgehead atoms. The molecule has 1 heterocycles. The van der Waals surface area contributed by atoms with Gasteiger partial charge in [-0.15, -0.1) is 11.8 Å². The van der Waals surface area contributed by atoms with Gasteiger partial charge < -0.3 is 10.1 Å². The molecule has 0 aliphatic heterocycles. The first-order valence-corrected chi connectivity index (χ1v) is 10.3. The van der Waals surface area contributed by atoms with Crippen molar-refractivity contribution in [2.75, 3.05) is 17.7 Å². The van der Waals surface area contributed by atoms with E-state index in [2.05, 4.69) is 16.4 Å². The third-order valence-corrected chi connectivity index (χ3v) is 5.40. The van der Waals surface area contributed by atoms with E-state index in [0.717, 1.165) is 47.8 Å². The Morgan fingerprint density at radius 3 is 2.81 bits per heavy atom. The van der Waals surface area contributed by atoms with Gasteiger partial charge in [0.05, 0.1) is 12.2 Å². The molecule has 1 N–H and O–H groups in total. The second-order valence-electron chi connectivity index (χ2n) is 6.37. The van der Waals surface area contributed by atoms with Crippen LogP contribution in [0.25, 0.3) is 0 Å². The summed E-state index contributed by atoms with van der Waals surface area (Å²) in [6.07, 6.45) is 4.67. The highest BCUT2D eigenvalue weighted by atomic mass is 32.2. The molecule has 27 heavy (non-hydrogen) atoms. The number of fused-ring (bicyclic) bond motifs is 1. The van der Waals surface area contributed by atoms with Gasteiger partial charge in [-0.25, -0.2) is 4.98 Å². The van der Waals surface area contributed by atoms with Gasteiger partial charge in [0, 0.05) is 23.6 Å². The molecule has 1 aromatic heterocycles. The highest BCUT2D eigenvalue weighted by Gasteiger charge is 2.15. The molecule has 0 unspecified atom stereocenters. The molecular formula is C21H23N3O2S. The lowest BCUT2D eigenvalue weighted by Gasteiger charge is -2.16. The number of hydrogen-bond donors (Lipinski definition) is 1. The molecule has 1 aliphatic rings. The van der Waals surface area contributed by atoms with E-state index < -0.39 is 0 Å². The van der Waals surface area contributed by atoms with Crippen molar-refractivity contribution in [1.29, 1.82) is 5.26 Å². The second kappa shape index (κ2) is 9.43. The molecule has 3 rings (SSSR count). The number of amides is 1. The Hall–Kier alpha value is -2.52. The third kappa shape index (κ3) is 5.24. The fraction of sp³-hybridized carbons (Fsp3) is 0.381. The summed E-state index contributed by atoms with van der Waals surface area (Å²) < 4.78 is 5.39. The lowest BCUT2D eigenvalue weighted by molar-refractivity contribution is -0.115. The van der Waals surface area contributed by atoms with Crippen LogP contribution in [0.2, 0.25) is 0 Å². The maximum atomic E-state index is 12.2. The van der Waals surface area contributed by atoms with Crippen LogP contribution in [-0.2, 0) is 17.6 Å². The van der Waals surface area contributed by atoms with E-state index >= 15 is 0 Å². The van der Waals surface area contributed by atoms with Crippen LogP contribution < -0.4 is 10.1 Å². The SMILES string of the molecule is CCOc1ccc(NC(=O)CCSc2nc3c(cc2C#N)CCCC3)cc1. The number of ether oxygens (including phenoxy) is 1. The molecule has 5 nitrogen and oxygen atoms in total. The van der Waals surface area contributed by atoms with Gasteiger partial charge in [-0.1, -0.05) is 0 Å². The molecule has 140 valence electrons. The number of thioether (sulfide) groups is 1. The molecule has 0 saturated heterocycles. The molecule has 1 aromatic carbocycles. The molecular weight excluding hydrogens is 358 g/mol. The van der Waals surface area contributed by atoms with E-state index in [1.807, 2.05) is 37.3 Å². The Morgan fingerprint density at radius 2 is 2.07 bits per heavy atom. The van der Waals surface area contributed by atoms with Crippen LogP contribution in [0.4, 0.5) is 5.69 Å². The van der Waals surface area contributed by atoms with Crippen LogP contribution in [0.15, 0.2) is 35.4 Å². The Labute approximate surface area is 164 Å². The second-order valence-corrected chi connectivity index (χ2v) is 7.45. The quantitative estimate of drug-likeness (QED) is 0.722. The molecule has 0 radical (unpaired) electrons.